The molecule has 0 spiro atoms. The number of nitrogens with zero attached hydrogens (tertiary/aromatic N) is 3. The van der Waals surface area contributed by atoms with Gasteiger partial charge in [0.2, 0.25) is 0 Å². The number of methoxy groups -OCH3 is 1. The van der Waals surface area contributed by atoms with E-state index in [-0.39, 0.29) is 24.0 Å². The van der Waals surface area contributed by atoms with Gasteiger partial charge >= 0.3 is 0 Å². The highest BCUT2D eigenvalue weighted by molar-refractivity contribution is 14.0. The van der Waals surface area contributed by atoms with Crippen molar-refractivity contribution in [3.05, 3.63) is 42.0 Å². The SMILES string of the molecule is CN=C(NCCCCn1ccnc1C)NCc1ccc(OC)cc1OC1CCCC1.I. The molecular formula is C23H36IN5O2. The second-order valence-electron chi connectivity index (χ2n) is 7.73. The Morgan fingerprint density at radius 2 is 2.03 bits per heavy atom. The second-order valence-corrected chi connectivity index (χ2v) is 7.73. The maximum Gasteiger partial charge on any atom is 0.191 e. The number of benzene rings is 1. The summed E-state index contributed by atoms with van der Waals surface area (Å²) in [6, 6.07) is 6.03. The molecule has 0 atom stereocenters. The van der Waals surface area contributed by atoms with E-state index in [1.54, 1.807) is 14.2 Å². The van der Waals surface area contributed by atoms with E-state index < -0.39 is 0 Å². The van der Waals surface area contributed by atoms with Crippen LogP contribution in [0.15, 0.2) is 35.6 Å². The number of aryl methyl sites for hydroxylation is 2. The molecule has 7 nitrogen and oxygen atoms in total. The molecule has 1 aliphatic rings. The molecule has 0 radical (unpaired) electrons. The molecule has 2 aromatic rings. The summed E-state index contributed by atoms with van der Waals surface area (Å²) in [6.45, 7) is 4.56. The van der Waals surface area contributed by atoms with Crippen molar-refractivity contribution in [3.63, 3.8) is 0 Å². The Bertz CT molecular complexity index is 818. The maximum atomic E-state index is 6.29. The summed E-state index contributed by atoms with van der Waals surface area (Å²) < 4.78 is 13.9. The molecule has 0 unspecified atom stereocenters. The zero-order chi connectivity index (χ0) is 21.2. The third-order valence-corrected chi connectivity index (χ3v) is 5.58. The van der Waals surface area contributed by atoms with E-state index in [0.717, 1.165) is 67.6 Å². The van der Waals surface area contributed by atoms with E-state index in [1.165, 1.54) is 12.8 Å². The molecule has 2 N–H and O–H groups in total. The molecule has 1 aromatic heterocycles. The van der Waals surface area contributed by atoms with Crippen molar-refractivity contribution in [2.45, 2.75) is 64.6 Å². The van der Waals surface area contributed by atoms with E-state index in [1.807, 2.05) is 31.5 Å². The fourth-order valence-corrected chi connectivity index (χ4v) is 3.76. The van der Waals surface area contributed by atoms with E-state index in [0.29, 0.717) is 12.6 Å². The van der Waals surface area contributed by atoms with Crippen molar-refractivity contribution >= 4 is 29.9 Å². The van der Waals surface area contributed by atoms with Gasteiger partial charge in [0.15, 0.2) is 5.96 Å². The van der Waals surface area contributed by atoms with Crippen LogP contribution in [0.5, 0.6) is 11.5 Å². The first-order valence-electron chi connectivity index (χ1n) is 11.0. The van der Waals surface area contributed by atoms with E-state index >= 15 is 0 Å². The van der Waals surface area contributed by atoms with Gasteiger partial charge in [-0.05, 0) is 57.6 Å². The van der Waals surface area contributed by atoms with Crippen molar-refractivity contribution in [1.29, 1.82) is 0 Å². The number of hydrogen-bond donors (Lipinski definition) is 2. The summed E-state index contributed by atoms with van der Waals surface area (Å²) in [4.78, 5) is 8.61. The lowest BCUT2D eigenvalue weighted by Gasteiger charge is -2.19. The van der Waals surface area contributed by atoms with Gasteiger partial charge in [0.25, 0.3) is 0 Å². The molecule has 0 bridgehead atoms. The number of rotatable bonds is 10. The van der Waals surface area contributed by atoms with Gasteiger partial charge in [-0.1, -0.05) is 0 Å². The molecule has 1 aromatic carbocycles. The quantitative estimate of drug-likeness (QED) is 0.203. The Hall–Kier alpha value is -1.97. The maximum absolute atomic E-state index is 6.29. The van der Waals surface area contributed by atoms with Gasteiger partial charge in [-0.2, -0.15) is 0 Å². The van der Waals surface area contributed by atoms with Crippen LogP contribution in [0.4, 0.5) is 0 Å². The molecule has 3 rings (SSSR count). The Balaban J connectivity index is 0.00000341. The van der Waals surface area contributed by atoms with Gasteiger partial charge in [0.05, 0.1) is 13.2 Å². The average molecular weight is 541 g/mol. The van der Waals surface area contributed by atoms with Crippen LogP contribution in [0.25, 0.3) is 0 Å². The lowest BCUT2D eigenvalue weighted by Crippen LogP contribution is -2.37. The van der Waals surface area contributed by atoms with Crippen LogP contribution >= 0.6 is 24.0 Å². The molecule has 1 aliphatic carbocycles. The summed E-state index contributed by atoms with van der Waals surface area (Å²) in [6.07, 6.45) is 11.1. The van der Waals surface area contributed by atoms with E-state index in [4.69, 9.17) is 9.47 Å². The summed E-state index contributed by atoms with van der Waals surface area (Å²) in [5.74, 6) is 3.59. The van der Waals surface area contributed by atoms with Crippen molar-refractivity contribution in [2.24, 2.45) is 4.99 Å². The number of aliphatic imine (C=N–C) groups is 1. The number of ether oxygens (including phenoxy) is 2. The largest absolute Gasteiger partial charge is 0.497 e. The molecule has 1 saturated carbocycles. The monoisotopic (exact) mass is 541 g/mol. The fourth-order valence-electron chi connectivity index (χ4n) is 3.76. The van der Waals surface area contributed by atoms with Crippen LogP contribution in [0.3, 0.4) is 0 Å². The Morgan fingerprint density at radius 1 is 1.23 bits per heavy atom. The van der Waals surface area contributed by atoms with Gasteiger partial charge in [-0.15, -0.1) is 24.0 Å². The first-order chi connectivity index (χ1) is 14.7. The summed E-state index contributed by atoms with van der Waals surface area (Å²) in [5.41, 5.74) is 1.11. The minimum absolute atomic E-state index is 0. The van der Waals surface area contributed by atoms with Gasteiger partial charge < -0.3 is 24.7 Å². The topological polar surface area (TPSA) is 72.7 Å². The lowest BCUT2D eigenvalue weighted by atomic mass is 10.2. The molecular weight excluding hydrogens is 505 g/mol. The number of halogens is 1. The summed E-state index contributed by atoms with van der Waals surface area (Å²) in [7, 11) is 3.49. The molecule has 1 fully saturated rings. The standard InChI is InChI=1S/C23H35N5O2.HI/c1-18-25-13-15-28(18)14-7-6-12-26-23(24-2)27-17-19-10-11-21(29-3)16-22(19)30-20-8-4-5-9-20;/h10-11,13,15-16,20H,4-9,12,14,17H2,1-3H3,(H2,24,26,27);1H. The first kappa shape index (κ1) is 25.3. The van der Waals surface area contributed by atoms with Crippen LogP contribution in [0, 0.1) is 6.92 Å². The van der Waals surface area contributed by atoms with E-state index in [9.17, 15) is 0 Å². The van der Waals surface area contributed by atoms with Crippen LogP contribution in [0.1, 0.15) is 49.9 Å². The smallest absolute Gasteiger partial charge is 0.191 e. The zero-order valence-electron chi connectivity index (χ0n) is 18.9. The van der Waals surface area contributed by atoms with Crippen LogP contribution in [0.2, 0.25) is 0 Å². The molecule has 0 aliphatic heterocycles. The molecule has 172 valence electrons. The highest BCUT2D eigenvalue weighted by Crippen LogP contribution is 2.29. The summed E-state index contributed by atoms with van der Waals surface area (Å²) >= 11 is 0. The first-order valence-corrected chi connectivity index (χ1v) is 11.0. The average Bonchev–Trinajstić information content (AvgIpc) is 3.42. The predicted octanol–water partition coefficient (Wildman–Crippen LogP) is 4.28. The third-order valence-electron chi connectivity index (χ3n) is 5.58. The van der Waals surface area contributed by atoms with Crippen LogP contribution < -0.4 is 20.1 Å². The lowest BCUT2D eigenvalue weighted by molar-refractivity contribution is 0.207. The highest BCUT2D eigenvalue weighted by Gasteiger charge is 2.18. The molecule has 31 heavy (non-hydrogen) atoms. The van der Waals surface area contributed by atoms with Crippen LogP contribution in [-0.4, -0.2) is 42.3 Å². The molecule has 0 amide bonds. The number of aromatic nitrogens is 2. The number of hydrogen-bond acceptors (Lipinski definition) is 4. The van der Waals surface area contributed by atoms with Gasteiger partial charge in [-0.3, -0.25) is 4.99 Å². The Morgan fingerprint density at radius 3 is 2.71 bits per heavy atom. The van der Waals surface area contributed by atoms with Crippen molar-refractivity contribution in [3.8, 4) is 11.5 Å². The van der Waals surface area contributed by atoms with Crippen molar-refractivity contribution in [2.75, 3.05) is 20.7 Å². The molecule has 8 heteroatoms. The van der Waals surface area contributed by atoms with Gasteiger partial charge in [-0.25, -0.2) is 4.98 Å². The number of nitrogens with one attached hydrogen (secondary N) is 2. The number of unbranched alkanes of at least 4 members (excludes halogenated alkanes) is 1. The van der Waals surface area contributed by atoms with Crippen molar-refractivity contribution < 1.29 is 9.47 Å². The fraction of sp³-hybridized carbons (Fsp3) is 0.565. The normalized spacial score (nSPS) is 14.2. The van der Waals surface area contributed by atoms with Gasteiger partial charge in [0.1, 0.15) is 17.3 Å². The zero-order valence-corrected chi connectivity index (χ0v) is 21.2. The number of imidazole rings is 1. The third kappa shape index (κ3) is 7.90. The summed E-state index contributed by atoms with van der Waals surface area (Å²) in [5, 5.41) is 6.80. The Kier molecular flexibility index (Phi) is 11.0. The minimum Gasteiger partial charge on any atom is -0.497 e. The van der Waals surface area contributed by atoms with Crippen molar-refractivity contribution in [1.82, 2.24) is 20.2 Å². The van der Waals surface area contributed by atoms with E-state index in [2.05, 4.69) is 31.2 Å². The molecule has 0 saturated heterocycles. The highest BCUT2D eigenvalue weighted by atomic mass is 127. The van der Waals surface area contributed by atoms with Crippen LogP contribution in [-0.2, 0) is 13.1 Å². The minimum atomic E-state index is 0. The predicted molar refractivity (Wildman–Crippen MR) is 136 cm³/mol. The molecule has 1 heterocycles. The number of guanidine groups is 1. The second kappa shape index (κ2) is 13.4. The Labute approximate surface area is 203 Å². The van der Waals surface area contributed by atoms with Gasteiger partial charge in [0, 0.05) is 50.7 Å².